The molecule has 0 radical (unpaired) electrons. The molecule has 0 aromatic carbocycles. The predicted molar refractivity (Wildman–Crippen MR) is 78.1 cm³/mol. The van der Waals surface area contributed by atoms with Gasteiger partial charge in [0.15, 0.2) is 0 Å². The van der Waals surface area contributed by atoms with Crippen molar-refractivity contribution < 1.29 is 14.6 Å². The molecule has 1 aromatic heterocycles. The number of aliphatic hydroxyl groups excluding tert-OH is 1. The van der Waals surface area contributed by atoms with Crippen molar-refractivity contribution in [2.45, 2.75) is 19.1 Å². The Labute approximate surface area is 125 Å². The number of aromatic nitrogens is 2. The second-order valence-corrected chi connectivity index (χ2v) is 5.22. The van der Waals surface area contributed by atoms with E-state index in [9.17, 15) is 5.11 Å². The number of ether oxygens (including phenoxy) is 2. The Morgan fingerprint density at radius 2 is 2.15 bits per heavy atom. The molecule has 0 bridgehead atoms. The molecular weight excluding hydrogens is 282 g/mol. The van der Waals surface area contributed by atoms with Crippen molar-refractivity contribution in [2.24, 2.45) is 0 Å². The van der Waals surface area contributed by atoms with Crippen molar-refractivity contribution in [3.8, 4) is 0 Å². The molecule has 0 saturated carbocycles. The minimum atomic E-state index is -0.672. The molecule has 0 amide bonds. The SMILES string of the molecule is COCCOCCC(O)c1c(Cl)cnn1CCN(C)C. The minimum Gasteiger partial charge on any atom is -0.387 e. The van der Waals surface area contributed by atoms with E-state index in [0.29, 0.717) is 43.5 Å². The van der Waals surface area contributed by atoms with Crippen LogP contribution >= 0.6 is 11.6 Å². The Balaban J connectivity index is 2.49. The second-order valence-electron chi connectivity index (χ2n) is 4.81. The normalized spacial score (nSPS) is 13.1. The van der Waals surface area contributed by atoms with Gasteiger partial charge < -0.3 is 19.5 Å². The summed E-state index contributed by atoms with van der Waals surface area (Å²) in [4.78, 5) is 2.06. The van der Waals surface area contributed by atoms with E-state index < -0.39 is 6.10 Å². The first-order valence-electron chi connectivity index (χ1n) is 6.67. The van der Waals surface area contributed by atoms with E-state index in [4.69, 9.17) is 21.1 Å². The molecule has 0 aliphatic rings. The molecule has 20 heavy (non-hydrogen) atoms. The van der Waals surface area contributed by atoms with Crippen molar-refractivity contribution in [3.05, 3.63) is 16.9 Å². The first kappa shape index (κ1) is 17.4. The minimum absolute atomic E-state index is 0.458. The number of likely N-dealkylation sites (N-methyl/N-ethyl adjacent to an activating group) is 1. The van der Waals surface area contributed by atoms with Crippen molar-refractivity contribution in [2.75, 3.05) is 47.6 Å². The highest BCUT2D eigenvalue weighted by atomic mass is 35.5. The number of halogens is 1. The fraction of sp³-hybridized carbons (Fsp3) is 0.769. The van der Waals surface area contributed by atoms with Gasteiger partial charge in [-0.2, -0.15) is 5.10 Å². The van der Waals surface area contributed by atoms with Crippen LogP contribution in [0.5, 0.6) is 0 Å². The average molecular weight is 306 g/mol. The summed E-state index contributed by atoms with van der Waals surface area (Å²) in [5.74, 6) is 0. The Bertz CT molecular complexity index is 385. The lowest BCUT2D eigenvalue weighted by Gasteiger charge is -2.16. The van der Waals surface area contributed by atoms with E-state index >= 15 is 0 Å². The van der Waals surface area contributed by atoms with Crippen molar-refractivity contribution >= 4 is 11.6 Å². The molecule has 0 aliphatic heterocycles. The van der Waals surface area contributed by atoms with Crippen LogP contribution in [0.15, 0.2) is 6.20 Å². The fourth-order valence-corrected chi connectivity index (χ4v) is 2.02. The Morgan fingerprint density at radius 3 is 2.80 bits per heavy atom. The summed E-state index contributed by atoms with van der Waals surface area (Å²) in [5, 5.41) is 14.9. The van der Waals surface area contributed by atoms with Gasteiger partial charge in [0.25, 0.3) is 0 Å². The van der Waals surface area contributed by atoms with Crippen LogP contribution in [-0.2, 0) is 16.0 Å². The number of methoxy groups -OCH3 is 1. The third-order valence-electron chi connectivity index (χ3n) is 2.88. The second kappa shape index (κ2) is 9.31. The van der Waals surface area contributed by atoms with Crippen molar-refractivity contribution in [3.63, 3.8) is 0 Å². The lowest BCUT2D eigenvalue weighted by molar-refractivity contribution is 0.0456. The molecule has 7 heteroatoms. The molecule has 1 N–H and O–H groups in total. The highest BCUT2D eigenvalue weighted by molar-refractivity contribution is 6.31. The van der Waals surface area contributed by atoms with Gasteiger partial charge in [-0.25, -0.2) is 0 Å². The number of hydrogen-bond acceptors (Lipinski definition) is 5. The van der Waals surface area contributed by atoms with Crippen molar-refractivity contribution in [1.82, 2.24) is 14.7 Å². The van der Waals surface area contributed by atoms with Gasteiger partial charge in [0.05, 0.1) is 42.8 Å². The third-order valence-corrected chi connectivity index (χ3v) is 3.17. The molecule has 1 rings (SSSR count). The lowest BCUT2D eigenvalue weighted by atomic mass is 10.2. The maximum atomic E-state index is 10.2. The summed E-state index contributed by atoms with van der Waals surface area (Å²) in [6.07, 6.45) is 1.38. The topological polar surface area (TPSA) is 59.8 Å². The van der Waals surface area contributed by atoms with Crippen LogP contribution in [0, 0.1) is 0 Å². The van der Waals surface area contributed by atoms with Gasteiger partial charge in [-0.05, 0) is 14.1 Å². The largest absolute Gasteiger partial charge is 0.387 e. The van der Waals surface area contributed by atoms with Crippen LogP contribution in [0.3, 0.4) is 0 Å². The quantitative estimate of drug-likeness (QED) is 0.658. The monoisotopic (exact) mass is 305 g/mol. The molecule has 0 fully saturated rings. The zero-order valence-electron chi connectivity index (χ0n) is 12.4. The molecule has 1 unspecified atom stereocenters. The Hall–Kier alpha value is -0.660. The zero-order valence-corrected chi connectivity index (χ0v) is 13.1. The predicted octanol–water partition coefficient (Wildman–Crippen LogP) is 1.18. The van der Waals surface area contributed by atoms with Crippen LogP contribution in [0.25, 0.3) is 0 Å². The molecule has 0 aliphatic carbocycles. The van der Waals surface area contributed by atoms with E-state index in [1.165, 1.54) is 0 Å². The van der Waals surface area contributed by atoms with Gasteiger partial charge >= 0.3 is 0 Å². The molecule has 1 atom stereocenters. The van der Waals surface area contributed by atoms with Gasteiger partial charge in [-0.15, -0.1) is 0 Å². The number of rotatable bonds is 10. The fourth-order valence-electron chi connectivity index (χ4n) is 1.75. The summed E-state index contributed by atoms with van der Waals surface area (Å²) in [7, 11) is 5.61. The lowest BCUT2D eigenvalue weighted by Crippen LogP contribution is -2.21. The number of aliphatic hydroxyl groups is 1. The summed E-state index contributed by atoms with van der Waals surface area (Å²) in [5.41, 5.74) is 0.656. The van der Waals surface area contributed by atoms with E-state index in [2.05, 4.69) is 10.00 Å². The van der Waals surface area contributed by atoms with Gasteiger partial charge in [-0.3, -0.25) is 4.68 Å². The van der Waals surface area contributed by atoms with E-state index in [0.717, 1.165) is 6.54 Å². The van der Waals surface area contributed by atoms with E-state index in [1.807, 2.05) is 14.1 Å². The van der Waals surface area contributed by atoms with Crippen LogP contribution in [-0.4, -0.2) is 67.4 Å². The van der Waals surface area contributed by atoms with Crippen LogP contribution < -0.4 is 0 Å². The molecule has 0 spiro atoms. The first-order chi connectivity index (χ1) is 9.56. The van der Waals surface area contributed by atoms with Crippen LogP contribution in [0.1, 0.15) is 18.2 Å². The molecule has 1 aromatic rings. The molecule has 1 heterocycles. The van der Waals surface area contributed by atoms with E-state index in [1.54, 1.807) is 18.0 Å². The smallest absolute Gasteiger partial charge is 0.0993 e. The van der Waals surface area contributed by atoms with E-state index in [-0.39, 0.29) is 0 Å². The van der Waals surface area contributed by atoms with Crippen LogP contribution in [0.2, 0.25) is 5.02 Å². The summed E-state index contributed by atoms with van der Waals surface area (Å²) >= 11 is 6.10. The van der Waals surface area contributed by atoms with Crippen LogP contribution in [0.4, 0.5) is 0 Å². The number of nitrogens with zero attached hydrogens (tertiary/aromatic N) is 3. The van der Waals surface area contributed by atoms with Crippen molar-refractivity contribution in [1.29, 1.82) is 0 Å². The number of hydrogen-bond donors (Lipinski definition) is 1. The van der Waals surface area contributed by atoms with Gasteiger partial charge in [-0.1, -0.05) is 11.6 Å². The third kappa shape index (κ3) is 5.76. The highest BCUT2D eigenvalue weighted by Gasteiger charge is 2.18. The Kier molecular flexibility index (Phi) is 8.09. The van der Waals surface area contributed by atoms with Gasteiger partial charge in [0, 0.05) is 26.7 Å². The first-order valence-corrected chi connectivity index (χ1v) is 7.04. The van der Waals surface area contributed by atoms with Gasteiger partial charge in [0.1, 0.15) is 0 Å². The Morgan fingerprint density at radius 1 is 1.40 bits per heavy atom. The highest BCUT2D eigenvalue weighted by Crippen LogP contribution is 2.25. The molecular formula is C13H24ClN3O3. The van der Waals surface area contributed by atoms with Gasteiger partial charge in [0.2, 0.25) is 0 Å². The maximum absolute atomic E-state index is 10.2. The summed E-state index contributed by atoms with van der Waals surface area (Å²) in [6, 6.07) is 0. The molecule has 116 valence electrons. The average Bonchev–Trinajstić information content (AvgIpc) is 2.77. The summed E-state index contributed by atoms with van der Waals surface area (Å²) in [6.45, 7) is 3.06. The molecule has 6 nitrogen and oxygen atoms in total. The maximum Gasteiger partial charge on any atom is 0.0993 e. The summed E-state index contributed by atoms with van der Waals surface area (Å²) < 4.78 is 12.0. The zero-order chi connectivity index (χ0) is 15.0. The molecule has 0 saturated heterocycles. The standard InChI is InChI=1S/C13H24ClN3O3/c1-16(2)5-6-17-13(11(14)10-15-17)12(18)4-7-20-9-8-19-3/h10,12,18H,4-9H2,1-3H3.